The van der Waals surface area contributed by atoms with E-state index in [1.165, 1.54) is 5.56 Å². The molecule has 1 aromatic heterocycles. The third-order valence-corrected chi connectivity index (χ3v) is 4.52. The molecule has 0 fully saturated rings. The standard InChI is InChI=1S/C23H24N2O2/c1-18-6-3-4-8-22(18)16-25(15-20-7-5-13-24-14-20)23(26)21-11-9-19(10-12-21)17-27-2/h3-14H,15-17H2,1-2H3. The molecule has 3 aromatic rings. The van der Waals surface area contributed by atoms with Gasteiger partial charge in [-0.2, -0.15) is 0 Å². The zero-order valence-corrected chi connectivity index (χ0v) is 15.8. The minimum absolute atomic E-state index is 0.00562. The Balaban J connectivity index is 1.85. The zero-order chi connectivity index (χ0) is 19.1. The maximum absolute atomic E-state index is 13.2. The van der Waals surface area contributed by atoms with Gasteiger partial charge in [-0.1, -0.05) is 42.5 Å². The van der Waals surface area contributed by atoms with Gasteiger partial charge in [-0.3, -0.25) is 9.78 Å². The first kappa shape index (κ1) is 18.8. The van der Waals surface area contributed by atoms with Gasteiger partial charge in [0, 0.05) is 38.2 Å². The van der Waals surface area contributed by atoms with E-state index in [1.54, 1.807) is 19.5 Å². The molecule has 4 heteroatoms. The molecular formula is C23H24N2O2. The summed E-state index contributed by atoms with van der Waals surface area (Å²) in [6.07, 6.45) is 3.55. The lowest BCUT2D eigenvalue weighted by Gasteiger charge is -2.24. The molecule has 0 radical (unpaired) electrons. The second kappa shape index (κ2) is 9.10. The van der Waals surface area contributed by atoms with Crippen LogP contribution in [0.5, 0.6) is 0 Å². The van der Waals surface area contributed by atoms with Gasteiger partial charge in [0.1, 0.15) is 0 Å². The summed E-state index contributed by atoms with van der Waals surface area (Å²) in [6.45, 7) is 3.68. The Hall–Kier alpha value is -2.98. The van der Waals surface area contributed by atoms with E-state index in [1.807, 2.05) is 53.4 Å². The van der Waals surface area contributed by atoms with E-state index in [-0.39, 0.29) is 5.91 Å². The van der Waals surface area contributed by atoms with Crippen LogP contribution in [0.15, 0.2) is 73.1 Å². The average Bonchev–Trinajstić information content (AvgIpc) is 2.70. The van der Waals surface area contributed by atoms with E-state index < -0.39 is 0 Å². The van der Waals surface area contributed by atoms with Crippen LogP contribution in [0, 0.1) is 6.92 Å². The van der Waals surface area contributed by atoms with Gasteiger partial charge in [-0.05, 0) is 47.4 Å². The number of benzene rings is 2. The van der Waals surface area contributed by atoms with E-state index in [2.05, 4.69) is 24.0 Å². The zero-order valence-electron chi connectivity index (χ0n) is 15.8. The molecule has 138 valence electrons. The quantitative estimate of drug-likeness (QED) is 0.628. The first-order valence-electron chi connectivity index (χ1n) is 8.98. The number of rotatable bonds is 7. The Morgan fingerprint density at radius 3 is 2.41 bits per heavy atom. The monoisotopic (exact) mass is 360 g/mol. The van der Waals surface area contributed by atoms with Crippen LogP contribution in [0.1, 0.15) is 32.6 Å². The molecule has 2 aromatic carbocycles. The molecule has 0 N–H and O–H groups in total. The first-order chi connectivity index (χ1) is 13.2. The Morgan fingerprint density at radius 1 is 0.963 bits per heavy atom. The van der Waals surface area contributed by atoms with Crippen molar-refractivity contribution in [2.45, 2.75) is 26.6 Å². The summed E-state index contributed by atoms with van der Waals surface area (Å²) in [5.74, 6) is 0.00562. The van der Waals surface area contributed by atoms with Crippen LogP contribution in [0.25, 0.3) is 0 Å². The maximum Gasteiger partial charge on any atom is 0.254 e. The summed E-state index contributed by atoms with van der Waals surface area (Å²) in [7, 11) is 1.66. The van der Waals surface area contributed by atoms with E-state index in [0.717, 1.165) is 16.7 Å². The summed E-state index contributed by atoms with van der Waals surface area (Å²) in [6, 6.07) is 19.7. The van der Waals surface area contributed by atoms with Gasteiger partial charge in [-0.25, -0.2) is 0 Å². The van der Waals surface area contributed by atoms with Gasteiger partial charge < -0.3 is 9.64 Å². The van der Waals surface area contributed by atoms with Gasteiger partial charge >= 0.3 is 0 Å². The molecule has 1 heterocycles. The molecule has 4 nitrogen and oxygen atoms in total. The second-order valence-electron chi connectivity index (χ2n) is 6.58. The van der Waals surface area contributed by atoms with Crippen molar-refractivity contribution in [2.24, 2.45) is 0 Å². The Morgan fingerprint density at radius 2 is 1.74 bits per heavy atom. The smallest absolute Gasteiger partial charge is 0.254 e. The fraction of sp³-hybridized carbons (Fsp3) is 0.217. The summed E-state index contributed by atoms with van der Waals surface area (Å²) < 4.78 is 5.14. The number of pyridine rings is 1. The van der Waals surface area contributed by atoms with E-state index in [4.69, 9.17) is 4.74 Å². The van der Waals surface area contributed by atoms with Gasteiger partial charge in [0.2, 0.25) is 0 Å². The Kier molecular flexibility index (Phi) is 6.34. The molecule has 1 amide bonds. The fourth-order valence-electron chi connectivity index (χ4n) is 3.00. The number of hydrogen-bond donors (Lipinski definition) is 0. The molecule has 27 heavy (non-hydrogen) atoms. The molecular weight excluding hydrogens is 336 g/mol. The van der Waals surface area contributed by atoms with E-state index in [0.29, 0.717) is 25.3 Å². The summed E-state index contributed by atoms with van der Waals surface area (Å²) >= 11 is 0. The van der Waals surface area contributed by atoms with Crippen LogP contribution in [0.2, 0.25) is 0 Å². The van der Waals surface area contributed by atoms with Crippen molar-refractivity contribution in [1.82, 2.24) is 9.88 Å². The Labute approximate surface area is 160 Å². The number of aryl methyl sites for hydroxylation is 1. The second-order valence-corrected chi connectivity index (χ2v) is 6.58. The van der Waals surface area contributed by atoms with Gasteiger partial charge in [0.25, 0.3) is 5.91 Å². The van der Waals surface area contributed by atoms with Crippen molar-refractivity contribution in [3.05, 3.63) is 101 Å². The summed E-state index contributed by atoms with van der Waals surface area (Å²) in [5.41, 5.74) is 5.05. The van der Waals surface area contributed by atoms with Crippen molar-refractivity contribution in [2.75, 3.05) is 7.11 Å². The lowest BCUT2D eigenvalue weighted by atomic mass is 10.1. The molecule has 0 aliphatic rings. The predicted molar refractivity (Wildman–Crippen MR) is 106 cm³/mol. The largest absolute Gasteiger partial charge is 0.380 e. The van der Waals surface area contributed by atoms with Crippen molar-refractivity contribution in [1.29, 1.82) is 0 Å². The van der Waals surface area contributed by atoms with Crippen molar-refractivity contribution >= 4 is 5.91 Å². The number of ether oxygens (including phenoxy) is 1. The number of carbonyl (C=O) groups is 1. The van der Waals surface area contributed by atoms with Crippen LogP contribution in [0.3, 0.4) is 0 Å². The molecule has 0 saturated carbocycles. The lowest BCUT2D eigenvalue weighted by molar-refractivity contribution is 0.0729. The summed E-state index contributed by atoms with van der Waals surface area (Å²) in [4.78, 5) is 19.2. The van der Waals surface area contributed by atoms with Crippen molar-refractivity contribution in [3.8, 4) is 0 Å². The van der Waals surface area contributed by atoms with E-state index >= 15 is 0 Å². The Bertz CT molecular complexity index is 876. The predicted octanol–water partition coefficient (Wildman–Crippen LogP) is 4.38. The average molecular weight is 360 g/mol. The SMILES string of the molecule is COCc1ccc(C(=O)N(Cc2cccnc2)Cc2ccccc2C)cc1. The van der Waals surface area contributed by atoms with Gasteiger partial charge in [-0.15, -0.1) is 0 Å². The molecule has 0 aliphatic carbocycles. The highest BCUT2D eigenvalue weighted by molar-refractivity contribution is 5.94. The molecule has 3 rings (SSSR count). The topological polar surface area (TPSA) is 42.4 Å². The normalized spacial score (nSPS) is 10.6. The lowest BCUT2D eigenvalue weighted by Crippen LogP contribution is -2.30. The molecule has 0 unspecified atom stereocenters. The highest BCUT2D eigenvalue weighted by Gasteiger charge is 2.17. The van der Waals surface area contributed by atoms with Crippen LogP contribution in [-0.4, -0.2) is 22.9 Å². The molecule has 0 saturated heterocycles. The van der Waals surface area contributed by atoms with Crippen LogP contribution in [0.4, 0.5) is 0 Å². The third kappa shape index (κ3) is 5.02. The number of nitrogens with zero attached hydrogens (tertiary/aromatic N) is 2. The minimum Gasteiger partial charge on any atom is -0.380 e. The van der Waals surface area contributed by atoms with Crippen LogP contribution < -0.4 is 0 Å². The molecule has 0 atom stereocenters. The number of amides is 1. The van der Waals surface area contributed by atoms with Crippen LogP contribution >= 0.6 is 0 Å². The molecule has 0 spiro atoms. The fourth-order valence-corrected chi connectivity index (χ4v) is 3.00. The minimum atomic E-state index is 0.00562. The maximum atomic E-state index is 13.2. The number of aromatic nitrogens is 1. The number of carbonyl (C=O) groups excluding carboxylic acids is 1. The highest BCUT2D eigenvalue weighted by atomic mass is 16.5. The van der Waals surface area contributed by atoms with E-state index in [9.17, 15) is 4.79 Å². The van der Waals surface area contributed by atoms with Gasteiger partial charge in [0.05, 0.1) is 6.61 Å². The third-order valence-electron chi connectivity index (χ3n) is 4.52. The van der Waals surface area contributed by atoms with Crippen LogP contribution in [-0.2, 0) is 24.4 Å². The number of methoxy groups -OCH3 is 1. The van der Waals surface area contributed by atoms with Crippen molar-refractivity contribution in [3.63, 3.8) is 0 Å². The first-order valence-corrected chi connectivity index (χ1v) is 8.98. The van der Waals surface area contributed by atoms with Gasteiger partial charge in [0.15, 0.2) is 0 Å². The van der Waals surface area contributed by atoms with Crippen molar-refractivity contribution < 1.29 is 9.53 Å². The summed E-state index contributed by atoms with van der Waals surface area (Å²) in [5, 5.41) is 0. The highest BCUT2D eigenvalue weighted by Crippen LogP contribution is 2.17. The number of hydrogen-bond acceptors (Lipinski definition) is 3. The molecule has 0 bridgehead atoms. The molecule has 0 aliphatic heterocycles.